The molecule has 0 saturated carbocycles. The van der Waals surface area contributed by atoms with Crippen molar-refractivity contribution < 1.29 is 4.79 Å². The predicted molar refractivity (Wildman–Crippen MR) is 99.4 cm³/mol. The number of amides is 1. The molecule has 1 amide bonds. The lowest BCUT2D eigenvalue weighted by molar-refractivity contribution is -0.132. The van der Waals surface area contributed by atoms with E-state index in [1.54, 1.807) is 0 Å². The van der Waals surface area contributed by atoms with Crippen molar-refractivity contribution in [3.63, 3.8) is 0 Å². The van der Waals surface area contributed by atoms with Crippen molar-refractivity contribution in [2.24, 2.45) is 0 Å². The van der Waals surface area contributed by atoms with E-state index < -0.39 is 0 Å². The Balaban J connectivity index is 1.74. The number of nitrogens with zero attached hydrogens (tertiary/aromatic N) is 3. The summed E-state index contributed by atoms with van der Waals surface area (Å²) in [7, 11) is 0. The second-order valence-corrected chi connectivity index (χ2v) is 6.51. The topological polar surface area (TPSA) is 50.2 Å². The van der Waals surface area contributed by atoms with Crippen molar-refractivity contribution in [1.29, 1.82) is 0 Å². The molecule has 2 aromatic carbocycles. The quantitative estimate of drug-likeness (QED) is 0.800. The second-order valence-electron chi connectivity index (χ2n) is 6.51. The van der Waals surface area contributed by atoms with Crippen LogP contribution < -0.4 is 5.32 Å². The third-order valence-corrected chi connectivity index (χ3v) is 4.73. The van der Waals surface area contributed by atoms with Gasteiger partial charge in [0.2, 0.25) is 5.91 Å². The summed E-state index contributed by atoms with van der Waals surface area (Å²) in [6.45, 7) is 5.66. The SMILES string of the molecule is Cc1ccc(-c2nc3ccccc3n2CC(=O)N2CCNCC2)cc1. The Morgan fingerprint density at radius 2 is 1.80 bits per heavy atom. The zero-order valence-electron chi connectivity index (χ0n) is 14.4. The smallest absolute Gasteiger partial charge is 0.242 e. The number of aromatic nitrogens is 2. The number of rotatable bonds is 3. The largest absolute Gasteiger partial charge is 0.339 e. The predicted octanol–water partition coefficient (Wildman–Crippen LogP) is 2.44. The minimum atomic E-state index is 0.151. The molecule has 1 saturated heterocycles. The van der Waals surface area contributed by atoms with Gasteiger partial charge in [-0.1, -0.05) is 42.0 Å². The lowest BCUT2D eigenvalue weighted by Gasteiger charge is -2.27. The van der Waals surface area contributed by atoms with Crippen molar-refractivity contribution in [3.05, 3.63) is 54.1 Å². The van der Waals surface area contributed by atoms with Gasteiger partial charge >= 0.3 is 0 Å². The van der Waals surface area contributed by atoms with E-state index in [0.717, 1.165) is 48.6 Å². The molecule has 5 nitrogen and oxygen atoms in total. The van der Waals surface area contributed by atoms with Crippen molar-refractivity contribution in [2.75, 3.05) is 26.2 Å². The zero-order valence-corrected chi connectivity index (χ0v) is 14.4. The maximum atomic E-state index is 12.8. The number of para-hydroxylation sites is 2. The number of benzene rings is 2. The van der Waals surface area contributed by atoms with Crippen molar-refractivity contribution in [1.82, 2.24) is 19.8 Å². The van der Waals surface area contributed by atoms with E-state index in [1.165, 1.54) is 5.56 Å². The van der Waals surface area contributed by atoms with Gasteiger partial charge in [0.1, 0.15) is 12.4 Å². The van der Waals surface area contributed by atoms with E-state index in [-0.39, 0.29) is 5.91 Å². The van der Waals surface area contributed by atoms with Gasteiger partial charge in [-0.15, -0.1) is 0 Å². The lowest BCUT2D eigenvalue weighted by Crippen LogP contribution is -2.47. The molecule has 25 heavy (non-hydrogen) atoms. The van der Waals surface area contributed by atoms with Crippen LogP contribution in [0.4, 0.5) is 0 Å². The number of carbonyl (C=O) groups is 1. The Morgan fingerprint density at radius 3 is 2.56 bits per heavy atom. The Labute approximate surface area is 147 Å². The van der Waals surface area contributed by atoms with Crippen LogP contribution in [0, 0.1) is 6.92 Å². The molecule has 0 aliphatic carbocycles. The summed E-state index contributed by atoms with van der Waals surface area (Å²) in [5.74, 6) is 1.00. The summed E-state index contributed by atoms with van der Waals surface area (Å²) < 4.78 is 2.05. The van der Waals surface area contributed by atoms with Crippen LogP contribution in [0.15, 0.2) is 48.5 Å². The van der Waals surface area contributed by atoms with E-state index in [0.29, 0.717) is 6.54 Å². The monoisotopic (exact) mass is 334 g/mol. The van der Waals surface area contributed by atoms with Crippen LogP contribution >= 0.6 is 0 Å². The van der Waals surface area contributed by atoms with Gasteiger partial charge in [-0.3, -0.25) is 4.79 Å². The molecular weight excluding hydrogens is 312 g/mol. The molecule has 2 heterocycles. The molecule has 4 rings (SSSR count). The van der Waals surface area contributed by atoms with Gasteiger partial charge in [0.05, 0.1) is 11.0 Å². The van der Waals surface area contributed by atoms with Crippen LogP contribution in [0.1, 0.15) is 5.56 Å². The van der Waals surface area contributed by atoms with E-state index in [1.807, 2.05) is 33.7 Å². The summed E-state index contributed by atoms with van der Waals surface area (Å²) in [5.41, 5.74) is 4.17. The van der Waals surface area contributed by atoms with Crippen LogP contribution in [0.5, 0.6) is 0 Å². The van der Waals surface area contributed by atoms with Crippen LogP contribution in [0.3, 0.4) is 0 Å². The van der Waals surface area contributed by atoms with E-state index >= 15 is 0 Å². The van der Waals surface area contributed by atoms with Crippen molar-refractivity contribution in [3.8, 4) is 11.4 Å². The zero-order chi connectivity index (χ0) is 17.2. The summed E-state index contributed by atoms with van der Waals surface area (Å²) in [6, 6.07) is 16.3. The molecule has 0 unspecified atom stereocenters. The first kappa shape index (κ1) is 15.8. The summed E-state index contributed by atoms with van der Waals surface area (Å²) in [6.07, 6.45) is 0. The molecule has 0 spiro atoms. The molecule has 128 valence electrons. The molecular formula is C20H22N4O. The number of aryl methyl sites for hydroxylation is 1. The number of imidazole rings is 1. The van der Waals surface area contributed by atoms with Gasteiger partial charge in [-0.25, -0.2) is 4.98 Å². The number of hydrogen-bond donors (Lipinski definition) is 1. The van der Waals surface area contributed by atoms with Gasteiger partial charge in [-0.2, -0.15) is 0 Å². The highest BCUT2D eigenvalue weighted by Gasteiger charge is 2.20. The van der Waals surface area contributed by atoms with Gasteiger partial charge in [0.15, 0.2) is 0 Å². The Bertz CT molecular complexity index is 892. The van der Waals surface area contributed by atoms with Gasteiger partial charge in [-0.05, 0) is 19.1 Å². The molecule has 3 aromatic rings. The Kier molecular flexibility index (Phi) is 4.24. The Hall–Kier alpha value is -2.66. The molecule has 0 radical (unpaired) electrons. The molecule has 0 atom stereocenters. The second kappa shape index (κ2) is 6.69. The molecule has 1 aromatic heterocycles. The number of nitrogens with one attached hydrogen (secondary N) is 1. The van der Waals surface area contributed by atoms with Crippen molar-refractivity contribution in [2.45, 2.75) is 13.5 Å². The number of hydrogen-bond acceptors (Lipinski definition) is 3. The highest BCUT2D eigenvalue weighted by Crippen LogP contribution is 2.25. The number of piperazine rings is 1. The first-order chi connectivity index (χ1) is 12.2. The first-order valence-electron chi connectivity index (χ1n) is 8.73. The lowest BCUT2D eigenvalue weighted by atomic mass is 10.1. The third kappa shape index (κ3) is 3.15. The standard InChI is InChI=1S/C20H22N4O/c1-15-6-8-16(9-7-15)20-22-17-4-2-3-5-18(17)24(20)14-19(25)23-12-10-21-11-13-23/h2-9,21H,10-14H2,1H3. The Morgan fingerprint density at radius 1 is 1.08 bits per heavy atom. The molecule has 0 bridgehead atoms. The minimum absolute atomic E-state index is 0.151. The fourth-order valence-electron chi connectivity index (χ4n) is 3.31. The fourth-order valence-corrected chi connectivity index (χ4v) is 3.31. The molecule has 5 heteroatoms. The normalized spacial score (nSPS) is 14.8. The molecule has 1 aliphatic rings. The maximum Gasteiger partial charge on any atom is 0.242 e. The van der Waals surface area contributed by atoms with Gasteiger partial charge in [0, 0.05) is 31.7 Å². The number of carbonyl (C=O) groups excluding carboxylic acids is 1. The summed E-state index contributed by atoms with van der Waals surface area (Å²) in [5, 5.41) is 3.29. The van der Waals surface area contributed by atoms with Crippen LogP contribution in [0.2, 0.25) is 0 Å². The molecule has 1 N–H and O–H groups in total. The highest BCUT2D eigenvalue weighted by molar-refractivity contribution is 5.84. The molecule has 1 fully saturated rings. The van der Waals surface area contributed by atoms with E-state index in [2.05, 4.69) is 36.5 Å². The fraction of sp³-hybridized carbons (Fsp3) is 0.300. The summed E-state index contributed by atoms with van der Waals surface area (Å²) in [4.78, 5) is 19.5. The first-order valence-corrected chi connectivity index (χ1v) is 8.73. The van der Waals surface area contributed by atoms with E-state index in [4.69, 9.17) is 4.98 Å². The maximum absolute atomic E-state index is 12.8. The third-order valence-electron chi connectivity index (χ3n) is 4.73. The van der Waals surface area contributed by atoms with Gasteiger partial charge < -0.3 is 14.8 Å². The average molecular weight is 334 g/mol. The van der Waals surface area contributed by atoms with Crippen LogP contribution in [-0.4, -0.2) is 46.5 Å². The highest BCUT2D eigenvalue weighted by atomic mass is 16.2. The van der Waals surface area contributed by atoms with E-state index in [9.17, 15) is 4.79 Å². The van der Waals surface area contributed by atoms with Crippen LogP contribution in [-0.2, 0) is 11.3 Å². The molecule has 1 aliphatic heterocycles. The van der Waals surface area contributed by atoms with Crippen LogP contribution in [0.25, 0.3) is 22.4 Å². The van der Waals surface area contributed by atoms with Crippen molar-refractivity contribution >= 4 is 16.9 Å². The summed E-state index contributed by atoms with van der Waals surface area (Å²) >= 11 is 0. The average Bonchev–Trinajstić information content (AvgIpc) is 3.02. The van der Waals surface area contributed by atoms with Gasteiger partial charge in [0.25, 0.3) is 0 Å². The minimum Gasteiger partial charge on any atom is -0.339 e. The number of fused-ring (bicyclic) bond motifs is 1.